The van der Waals surface area contributed by atoms with E-state index in [4.69, 9.17) is 0 Å². The van der Waals surface area contributed by atoms with Gasteiger partial charge in [-0.2, -0.15) is 0 Å². The van der Waals surface area contributed by atoms with Gasteiger partial charge in [0.15, 0.2) is 0 Å². The van der Waals surface area contributed by atoms with Gasteiger partial charge in [0.25, 0.3) is 0 Å². The quantitative estimate of drug-likeness (QED) is 0.315. The molecule has 0 N–H and O–H groups in total. The summed E-state index contributed by atoms with van der Waals surface area (Å²) < 4.78 is 0. The lowest BCUT2D eigenvalue weighted by Crippen LogP contribution is -1.91. The van der Waals surface area contributed by atoms with E-state index in [-0.39, 0.29) is 7.43 Å². The zero-order chi connectivity index (χ0) is 14.6. The fourth-order valence-electron chi connectivity index (χ4n) is 3.53. The van der Waals surface area contributed by atoms with Crippen molar-refractivity contribution in [3.8, 4) is 0 Å². The molecule has 0 bridgehead atoms. The number of fused-ring (bicyclic) bond motifs is 6. The Hall–Kier alpha value is -2.34. The SMILES string of the molecule is C.Cc1cc2c3ccccc3c3ccccc3c2c(C)c1C. The van der Waals surface area contributed by atoms with Crippen molar-refractivity contribution < 1.29 is 0 Å². The Morgan fingerprint density at radius 1 is 0.545 bits per heavy atom. The van der Waals surface area contributed by atoms with Crippen LogP contribution in [0.15, 0.2) is 54.6 Å². The first-order valence-corrected chi connectivity index (χ1v) is 7.48. The second-order valence-electron chi connectivity index (χ2n) is 5.96. The van der Waals surface area contributed by atoms with E-state index in [2.05, 4.69) is 75.4 Å². The number of rotatable bonds is 0. The molecule has 0 fully saturated rings. The van der Waals surface area contributed by atoms with Crippen molar-refractivity contribution in [1.82, 2.24) is 0 Å². The maximum atomic E-state index is 2.35. The van der Waals surface area contributed by atoms with Crippen LogP contribution in [0.3, 0.4) is 0 Å². The van der Waals surface area contributed by atoms with Crippen LogP contribution >= 0.6 is 0 Å². The van der Waals surface area contributed by atoms with Gasteiger partial charge >= 0.3 is 0 Å². The average Bonchev–Trinajstić information content (AvgIpc) is 2.52. The summed E-state index contributed by atoms with van der Waals surface area (Å²) in [7, 11) is 0. The van der Waals surface area contributed by atoms with Crippen LogP contribution in [0, 0.1) is 20.8 Å². The summed E-state index contributed by atoms with van der Waals surface area (Å²) in [5.41, 5.74) is 4.19. The van der Waals surface area contributed by atoms with Crippen LogP contribution in [-0.4, -0.2) is 0 Å². The van der Waals surface area contributed by atoms with Gasteiger partial charge in [-0.25, -0.2) is 0 Å². The van der Waals surface area contributed by atoms with Gasteiger partial charge in [-0.05, 0) is 69.8 Å². The van der Waals surface area contributed by atoms with Crippen LogP contribution in [0.25, 0.3) is 32.3 Å². The zero-order valence-corrected chi connectivity index (χ0v) is 12.7. The normalized spacial score (nSPS) is 11.0. The standard InChI is InChI=1S/C21H18.CH4/c1-13-12-20-18-10-5-4-8-16(18)17-9-6-7-11-19(17)21(20)15(3)14(13)2;/h4-12H,1-3H3;1H4. The van der Waals surface area contributed by atoms with E-state index in [0.29, 0.717) is 0 Å². The van der Waals surface area contributed by atoms with E-state index in [9.17, 15) is 0 Å². The van der Waals surface area contributed by atoms with Crippen molar-refractivity contribution in [3.05, 3.63) is 71.3 Å². The molecule has 4 aromatic rings. The molecule has 4 rings (SSSR count). The second-order valence-corrected chi connectivity index (χ2v) is 5.96. The third-order valence-electron chi connectivity index (χ3n) is 4.86. The van der Waals surface area contributed by atoms with E-state index in [1.165, 1.54) is 49.0 Å². The van der Waals surface area contributed by atoms with Crippen LogP contribution in [-0.2, 0) is 0 Å². The summed E-state index contributed by atoms with van der Waals surface area (Å²) in [5, 5.41) is 8.22. The fraction of sp³-hybridized carbons (Fsp3) is 0.182. The van der Waals surface area contributed by atoms with Gasteiger partial charge in [-0.15, -0.1) is 0 Å². The van der Waals surface area contributed by atoms with Crippen LogP contribution in [0.4, 0.5) is 0 Å². The van der Waals surface area contributed by atoms with E-state index >= 15 is 0 Å². The third-order valence-corrected chi connectivity index (χ3v) is 4.86. The van der Waals surface area contributed by atoms with E-state index in [1.54, 1.807) is 0 Å². The fourth-order valence-corrected chi connectivity index (χ4v) is 3.53. The molecule has 0 aliphatic carbocycles. The molecule has 22 heavy (non-hydrogen) atoms. The number of aryl methyl sites for hydroxylation is 2. The minimum absolute atomic E-state index is 0. The first-order chi connectivity index (χ1) is 10.2. The predicted octanol–water partition coefficient (Wildman–Crippen LogP) is 6.71. The van der Waals surface area contributed by atoms with Crippen molar-refractivity contribution in [2.45, 2.75) is 28.2 Å². The van der Waals surface area contributed by atoms with E-state index < -0.39 is 0 Å². The molecular weight excluding hydrogens is 264 g/mol. The first-order valence-electron chi connectivity index (χ1n) is 7.48. The van der Waals surface area contributed by atoms with Crippen molar-refractivity contribution in [2.24, 2.45) is 0 Å². The summed E-state index contributed by atoms with van der Waals surface area (Å²) in [6, 6.07) is 19.9. The molecule has 0 saturated carbocycles. The van der Waals surface area contributed by atoms with Gasteiger partial charge in [-0.3, -0.25) is 0 Å². The lowest BCUT2D eigenvalue weighted by Gasteiger charge is -2.15. The lowest BCUT2D eigenvalue weighted by molar-refractivity contribution is 1.30. The molecule has 4 aromatic carbocycles. The highest BCUT2D eigenvalue weighted by Gasteiger charge is 2.12. The molecule has 0 spiro atoms. The largest absolute Gasteiger partial charge is 0.0776 e. The molecular formula is C22H22. The topological polar surface area (TPSA) is 0 Å². The van der Waals surface area contributed by atoms with Gasteiger partial charge in [0.05, 0.1) is 0 Å². The molecule has 0 aliphatic rings. The second kappa shape index (κ2) is 5.14. The Morgan fingerprint density at radius 2 is 1.00 bits per heavy atom. The molecule has 0 heterocycles. The highest BCUT2D eigenvalue weighted by Crippen LogP contribution is 2.38. The van der Waals surface area contributed by atoms with E-state index in [1.807, 2.05) is 0 Å². The molecule has 0 nitrogen and oxygen atoms in total. The molecule has 0 unspecified atom stereocenters. The summed E-state index contributed by atoms with van der Waals surface area (Å²) >= 11 is 0. The Morgan fingerprint density at radius 3 is 1.59 bits per heavy atom. The van der Waals surface area contributed by atoms with Gasteiger partial charge in [0.2, 0.25) is 0 Å². The molecule has 0 heteroatoms. The molecule has 0 aliphatic heterocycles. The maximum Gasteiger partial charge on any atom is -0.00668 e. The number of hydrogen-bond donors (Lipinski definition) is 0. The number of hydrogen-bond acceptors (Lipinski definition) is 0. The Bertz CT molecular complexity index is 1010. The third kappa shape index (κ3) is 1.84. The Kier molecular flexibility index (Phi) is 3.41. The Balaban J connectivity index is 0.00000144. The van der Waals surface area contributed by atoms with Gasteiger partial charge in [0.1, 0.15) is 0 Å². The van der Waals surface area contributed by atoms with Gasteiger partial charge < -0.3 is 0 Å². The summed E-state index contributed by atoms with van der Waals surface area (Å²) in [5.74, 6) is 0. The van der Waals surface area contributed by atoms with Crippen LogP contribution in [0.2, 0.25) is 0 Å². The molecule has 0 atom stereocenters. The maximum absolute atomic E-state index is 2.35. The van der Waals surface area contributed by atoms with Crippen molar-refractivity contribution >= 4 is 32.3 Å². The summed E-state index contributed by atoms with van der Waals surface area (Å²) in [6.45, 7) is 6.70. The average molecular weight is 286 g/mol. The summed E-state index contributed by atoms with van der Waals surface area (Å²) in [4.78, 5) is 0. The molecule has 0 aromatic heterocycles. The van der Waals surface area contributed by atoms with Crippen molar-refractivity contribution in [3.63, 3.8) is 0 Å². The monoisotopic (exact) mass is 286 g/mol. The predicted molar refractivity (Wildman–Crippen MR) is 99.9 cm³/mol. The zero-order valence-electron chi connectivity index (χ0n) is 12.7. The molecule has 0 saturated heterocycles. The number of benzene rings is 4. The van der Waals surface area contributed by atoms with Gasteiger partial charge in [-0.1, -0.05) is 62.0 Å². The molecule has 0 amide bonds. The first kappa shape index (κ1) is 14.6. The minimum atomic E-state index is 0. The molecule has 0 radical (unpaired) electrons. The molecule has 110 valence electrons. The summed E-state index contributed by atoms with van der Waals surface area (Å²) in [6.07, 6.45) is 0. The van der Waals surface area contributed by atoms with Crippen LogP contribution in [0.1, 0.15) is 24.1 Å². The van der Waals surface area contributed by atoms with Gasteiger partial charge in [0, 0.05) is 0 Å². The highest BCUT2D eigenvalue weighted by atomic mass is 14.2. The van der Waals surface area contributed by atoms with E-state index in [0.717, 1.165) is 0 Å². The van der Waals surface area contributed by atoms with Crippen molar-refractivity contribution in [2.75, 3.05) is 0 Å². The Labute approximate surface area is 132 Å². The minimum Gasteiger partial charge on any atom is -0.0776 e. The lowest BCUT2D eigenvalue weighted by atomic mass is 9.88. The van der Waals surface area contributed by atoms with Crippen LogP contribution < -0.4 is 0 Å². The smallest absolute Gasteiger partial charge is 0.00668 e. The highest BCUT2D eigenvalue weighted by molar-refractivity contribution is 6.26. The van der Waals surface area contributed by atoms with Crippen molar-refractivity contribution in [1.29, 1.82) is 0 Å². The van der Waals surface area contributed by atoms with Crippen LogP contribution in [0.5, 0.6) is 0 Å².